The van der Waals surface area contributed by atoms with Gasteiger partial charge < -0.3 is 14.5 Å². The second-order valence-corrected chi connectivity index (χ2v) is 6.21. The van der Waals surface area contributed by atoms with Crippen LogP contribution in [0.2, 0.25) is 5.02 Å². The Bertz CT molecular complexity index is 605. The molecule has 0 saturated heterocycles. The third kappa shape index (κ3) is 4.44. The molecule has 0 aliphatic carbocycles. The monoisotopic (exact) mass is 309 g/mol. The molecule has 2 rings (SSSR count). The summed E-state index contributed by atoms with van der Waals surface area (Å²) in [5.41, 5.74) is 0.812. The van der Waals surface area contributed by atoms with E-state index >= 15 is 0 Å². The molecule has 0 radical (unpaired) electrons. The fourth-order valence-corrected chi connectivity index (χ4v) is 2.01. The van der Waals surface area contributed by atoms with Crippen LogP contribution in [0.25, 0.3) is 11.5 Å². The zero-order valence-electron chi connectivity index (χ0n) is 12.7. The van der Waals surface area contributed by atoms with Gasteiger partial charge in [-0.2, -0.15) is 0 Å². The molecule has 1 aromatic carbocycles. The Hall–Kier alpha value is -1.59. The summed E-state index contributed by atoms with van der Waals surface area (Å²) in [7, 11) is 1.58. The molecule has 1 aromatic heterocycles. The van der Waals surface area contributed by atoms with Crippen LogP contribution in [0.3, 0.4) is 0 Å². The molecule has 0 saturated carbocycles. The first-order valence-corrected chi connectivity index (χ1v) is 7.18. The number of rotatable bonds is 5. The number of hydrogen-bond acceptors (Lipinski definition) is 5. The van der Waals surface area contributed by atoms with Gasteiger partial charge in [0.2, 0.25) is 5.89 Å². The van der Waals surface area contributed by atoms with Gasteiger partial charge in [0, 0.05) is 23.5 Å². The summed E-state index contributed by atoms with van der Waals surface area (Å²) in [6.07, 6.45) is 0.681. The molecular formula is C15H20ClN3O2. The highest BCUT2D eigenvalue weighted by Gasteiger charge is 2.14. The number of aromatic nitrogens is 2. The van der Waals surface area contributed by atoms with Crippen LogP contribution in [0, 0.1) is 0 Å². The molecule has 0 amide bonds. The van der Waals surface area contributed by atoms with Gasteiger partial charge in [0.15, 0.2) is 0 Å². The van der Waals surface area contributed by atoms with Gasteiger partial charge in [-0.3, -0.25) is 0 Å². The van der Waals surface area contributed by atoms with E-state index in [4.69, 9.17) is 20.8 Å². The van der Waals surface area contributed by atoms with Crippen molar-refractivity contribution in [2.24, 2.45) is 0 Å². The zero-order chi connectivity index (χ0) is 15.5. The summed E-state index contributed by atoms with van der Waals surface area (Å²) in [5, 5.41) is 12.1. The fourth-order valence-electron chi connectivity index (χ4n) is 1.85. The lowest BCUT2D eigenvalue weighted by atomic mass is 10.1. The van der Waals surface area contributed by atoms with Crippen LogP contribution in [0.5, 0.6) is 5.75 Å². The molecule has 0 unspecified atom stereocenters. The molecule has 0 aliphatic heterocycles. The van der Waals surface area contributed by atoms with Crippen molar-refractivity contribution in [3.05, 3.63) is 29.1 Å². The van der Waals surface area contributed by atoms with Gasteiger partial charge in [0.25, 0.3) is 5.89 Å². The van der Waals surface area contributed by atoms with E-state index in [1.54, 1.807) is 19.2 Å². The lowest BCUT2D eigenvalue weighted by Gasteiger charge is -2.19. The molecular weight excluding hydrogens is 290 g/mol. The molecule has 0 fully saturated rings. The molecule has 0 aliphatic rings. The standard InChI is InChI=1S/C15H20ClN3O2/c1-15(2,3)17-8-7-13-18-19-14(21-13)11-6-5-10(16)9-12(11)20-4/h5-6,9,17H,7-8H2,1-4H3. The Kier molecular flexibility index (Phi) is 4.85. The van der Waals surface area contributed by atoms with Gasteiger partial charge in [-0.05, 0) is 39.0 Å². The Morgan fingerprint density at radius 1 is 1.29 bits per heavy atom. The number of hydrogen-bond donors (Lipinski definition) is 1. The molecule has 21 heavy (non-hydrogen) atoms. The predicted molar refractivity (Wildman–Crippen MR) is 82.8 cm³/mol. The van der Waals surface area contributed by atoms with E-state index in [-0.39, 0.29) is 5.54 Å². The number of nitrogens with one attached hydrogen (secondary N) is 1. The zero-order valence-corrected chi connectivity index (χ0v) is 13.5. The average molecular weight is 310 g/mol. The highest BCUT2D eigenvalue weighted by atomic mass is 35.5. The maximum atomic E-state index is 5.94. The minimum atomic E-state index is 0.0717. The number of benzene rings is 1. The first-order valence-electron chi connectivity index (χ1n) is 6.80. The Morgan fingerprint density at radius 2 is 2.05 bits per heavy atom. The lowest BCUT2D eigenvalue weighted by Crippen LogP contribution is -2.37. The summed E-state index contributed by atoms with van der Waals surface area (Å²) in [5.74, 6) is 1.65. The SMILES string of the molecule is COc1cc(Cl)ccc1-c1nnc(CCNC(C)(C)C)o1. The average Bonchev–Trinajstić information content (AvgIpc) is 2.85. The van der Waals surface area contributed by atoms with Crippen LogP contribution in [-0.2, 0) is 6.42 Å². The third-order valence-electron chi connectivity index (χ3n) is 2.86. The van der Waals surface area contributed by atoms with E-state index in [2.05, 4.69) is 36.3 Å². The van der Waals surface area contributed by atoms with E-state index in [0.717, 1.165) is 12.1 Å². The number of methoxy groups -OCH3 is 1. The summed E-state index contributed by atoms with van der Waals surface area (Å²) in [6, 6.07) is 5.30. The highest BCUT2D eigenvalue weighted by Crippen LogP contribution is 2.31. The van der Waals surface area contributed by atoms with Crippen molar-refractivity contribution < 1.29 is 9.15 Å². The van der Waals surface area contributed by atoms with E-state index in [1.165, 1.54) is 0 Å². The van der Waals surface area contributed by atoms with Crippen molar-refractivity contribution in [2.75, 3.05) is 13.7 Å². The molecule has 114 valence electrons. The number of halogens is 1. The van der Waals surface area contributed by atoms with Crippen molar-refractivity contribution in [3.63, 3.8) is 0 Å². The van der Waals surface area contributed by atoms with Gasteiger partial charge in [-0.25, -0.2) is 0 Å². The van der Waals surface area contributed by atoms with Crippen LogP contribution in [-0.4, -0.2) is 29.4 Å². The van der Waals surface area contributed by atoms with Crippen molar-refractivity contribution in [2.45, 2.75) is 32.7 Å². The van der Waals surface area contributed by atoms with E-state index in [1.807, 2.05) is 6.07 Å². The Balaban J connectivity index is 2.09. The van der Waals surface area contributed by atoms with Crippen molar-refractivity contribution >= 4 is 11.6 Å². The fraction of sp³-hybridized carbons (Fsp3) is 0.467. The maximum absolute atomic E-state index is 5.94. The summed E-state index contributed by atoms with van der Waals surface area (Å²) in [4.78, 5) is 0. The summed E-state index contributed by atoms with van der Waals surface area (Å²) < 4.78 is 11.0. The van der Waals surface area contributed by atoms with Gasteiger partial charge >= 0.3 is 0 Å². The highest BCUT2D eigenvalue weighted by molar-refractivity contribution is 6.30. The van der Waals surface area contributed by atoms with Gasteiger partial charge in [-0.15, -0.1) is 10.2 Å². The summed E-state index contributed by atoms with van der Waals surface area (Å²) >= 11 is 5.94. The van der Waals surface area contributed by atoms with E-state index in [9.17, 15) is 0 Å². The van der Waals surface area contributed by atoms with Crippen LogP contribution >= 0.6 is 11.6 Å². The van der Waals surface area contributed by atoms with Crippen LogP contribution in [0.15, 0.2) is 22.6 Å². The van der Waals surface area contributed by atoms with Gasteiger partial charge in [-0.1, -0.05) is 11.6 Å². The smallest absolute Gasteiger partial charge is 0.251 e. The van der Waals surface area contributed by atoms with Crippen LogP contribution < -0.4 is 10.1 Å². The van der Waals surface area contributed by atoms with E-state index in [0.29, 0.717) is 29.0 Å². The summed E-state index contributed by atoms with van der Waals surface area (Å²) in [6.45, 7) is 7.13. The van der Waals surface area contributed by atoms with Crippen molar-refractivity contribution in [1.29, 1.82) is 0 Å². The molecule has 1 N–H and O–H groups in total. The molecule has 5 nitrogen and oxygen atoms in total. The molecule has 6 heteroatoms. The third-order valence-corrected chi connectivity index (χ3v) is 3.09. The molecule has 0 atom stereocenters. The van der Waals surface area contributed by atoms with Crippen LogP contribution in [0.4, 0.5) is 0 Å². The number of ether oxygens (including phenoxy) is 1. The minimum absolute atomic E-state index is 0.0717. The molecule has 2 aromatic rings. The number of nitrogens with zero attached hydrogens (tertiary/aromatic N) is 2. The van der Waals surface area contributed by atoms with Crippen molar-refractivity contribution in [3.8, 4) is 17.2 Å². The lowest BCUT2D eigenvalue weighted by molar-refractivity contribution is 0.407. The second-order valence-electron chi connectivity index (χ2n) is 5.77. The Labute approximate surface area is 129 Å². The quantitative estimate of drug-likeness (QED) is 0.918. The normalized spacial score (nSPS) is 11.7. The molecule has 0 spiro atoms. The largest absolute Gasteiger partial charge is 0.496 e. The predicted octanol–water partition coefficient (Wildman–Crippen LogP) is 3.33. The van der Waals surface area contributed by atoms with Crippen LogP contribution in [0.1, 0.15) is 26.7 Å². The van der Waals surface area contributed by atoms with Gasteiger partial charge in [0.05, 0.1) is 12.7 Å². The van der Waals surface area contributed by atoms with E-state index < -0.39 is 0 Å². The maximum Gasteiger partial charge on any atom is 0.251 e. The Morgan fingerprint density at radius 3 is 2.71 bits per heavy atom. The first kappa shape index (κ1) is 15.8. The molecule has 0 bridgehead atoms. The first-order chi connectivity index (χ1) is 9.89. The topological polar surface area (TPSA) is 60.2 Å². The second kappa shape index (κ2) is 6.45. The van der Waals surface area contributed by atoms with Crippen molar-refractivity contribution in [1.82, 2.24) is 15.5 Å². The minimum Gasteiger partial charge on any atom is -0.496 e. The molecule has 1 heterocycles. The van der Waals surface area contributed by atoms with Gasteiger partial charge in [0.1, 0.15) is 5.75 Å².